The molecule has 25 heavy (non-hydrogen) atoms. The topological polar surface area (TPSA) is 49.6 Å². The molecule has 0 radical (unpaired) electrons. The average molecular weight is 377 g/mol. The molecule has 0 aromatic carbocycles. The zero-order valence-corrected chi connectivity index (χ0v) is 15.0. The molecule has 0 spiro atoms. The van der Waals surface area contributed by atoms with Gasteiger partial charge >= 0.3 is 18.2 Å². The van der Waals surface area contributed by atoms with Crippen LogP contribution in [0.25, 0.3) is 0 Å². The van der Waals surface area contributed by atoms with Gasteiger partial charge in [0.15, 0.2) is 0 Å². The molecule has 0 N–H and O–H groups in total. The normalized spacial score (nSPS) is 20.8. The molecule has 0 unspecified atom stereocenters. The van der Waals surface area contributed by atoms with Crippen molar-refractivity contribution in [1.82, 2.24) is 9.88 Å². The largest absolute Gasteiger partial charge is 0.444 e. The van der Waals surface area contributed by atoms with Crippen LogP contribution in [-0.4, -0.2) is 53.0 Å². The first-order chi connectivity index (χ1) is 11.5. The fourth-order valence-electron chi connectivity index (χ4n) is 2.76. The Morgan fingerprint density at radius 3 is 2.72 bits per heavy atom. The van der Waals surface area contributed by atoms with Crippen LogP contribution in [0.3, 0.4) is 0 Å². The maximum absolute atomic E-state index is 12.8. The van der Waals surface area contributed by atoms with Crippen molar-refractivity contribution in [2.75, 3.05) is 30.3 Å². The first kappa shape index (κ1) is 18.1. The third-order valence-corrected chi connectivity index (χ3v) is 4.98. The fraction of sp³-hybridized carbons (Fsp3) is 0.667. The lowest BCUT2D eigenvalue weighted by molar-refractivity contribution is -0.489. The van der Waals surface area contributed by atoms with E-state index in [0.717, 1.165) is 12.4 Å². The zero-order valence-electron chi connectivity index (χ0n) is 14.2. The van der Waals surface area contributed by atoms with Crippen molar-refractivity contribution in [3.8, 4) is 0 Å². The number of ether oxygens (including phenoxy) is 1. The van der Waals surface area contributed by atoms with Crippen LogP contribution in [0.4, 0.5) is 23.9 Å². The number of alkyl halides is 3. The number of fused-ring (bicyclic) bond motifs is 3. The summed E-state index contributed by atoms with van der Waals surface area (Å²) < 4.78 is 45.4. The Kier molecular flexibility index (Phi) is 4.50. The van der Waals surface area contributed by atoms with E-state index in [0.29, 0.717) is 31.3 Å². The minimum absolute atomic E-state index is 0.00416. The number of carbonyl (C=O) groups is 1. The van der Waals surface area contributed by atoms with E-state index in [2.05, 4.69) is 4.98 Å². The maximum Gasteiger partial charge on any atom is 0.422 e. The number of halogens is 3. The van der Waals surface area contributed by atoms with Crippen LogP contribution in [0.15, 0.2) is 12.4 Å². The molecule has 1 amide bonds. The maximum atomic E-state index is 12.8. The van der Waals surface area contributed by atoms with Gasteiger partial charge in [-0.15, -0.1) is 0 Å². The highest BCUT2D eigenvalue weighted by Gasteiger charge is 2.43. The number of amides is 1. The van der Waals surface area contributed by atoms with E-state index >= 15 is 0 Å². The first-order valence-electron chi connectivity index (χ1n) is 7.91. The molecule has 1 aromatic heterocycles. The minimum Gasteiger partial charge on any atom is -0.444 e. The van der Waals surface area contributed by atoms with E-state index in [1.54, 1.807) is 4.90 Å². The molecule has 3 rings (SSSR count). The Bertz CT molecular complexity index is 678. The lowest BCUT2D eigenvalue weighted by atomic mass is 10.2. The smallest absolute Gasteiger partial charge is 0.422 e. The van der Waals surface area contributed by atoms with Gasteiger partial charge in [0.05, 0.1) is 31.6 Å². The van der Waals surface area contributed by atoms with Gasteiger partial charge in [-0.05, 0) is 20.8 Å². The van der Waals surface area contributed by atoms with E-state index in [1.807, 2.05) is 25.7 Å². The van der Waals surface area contributed by atoms with Gasteiger partial charge in [-0.25, -0.2) is 4.79 Å². The predicted molar refractivity (Wildman–Crippen MR) is 86.2 cm³/mol. The molecule has 0 saturated carbocycles. The van der Waals surface area contributed by atoms with Crippen molar-refractivity contribution in [3.63, 3.8) is 0 Å². The number of aromatic nitrogens is 2. The SMILES string of the molecule is CC(C)(C)OC(=O)N1CCN2c3ncc(C(F)(F)F)c[n+]3SC[C@@H]2C1. The molecule has 2 aliphatic rings. The van der Waals surface area contributed by atoms with Crippen LogP contribution in [0.2, 0.25) is 0 Å². The van der Waals surface area contributed by atoms with Gasteiger partial charge < -0.3 is 9.64 Å². The highest BCUT2D eigenvalue weighted by atomic mass is 32.2. The molecule has 1 fully saturated rings. The molecular formula is C15H20F3N4O2S+. The van der Waals surface area contributed by atoms with E-state index in [9.17, 15) is 18.0 Å². The third-order valence-electron chi connectivity index (χ3n) is 3.90. The van der Waals surface area contributed by atoms with Crippen molar-refractivity contribution in [2.45, 2.75) is 38.6 Å². The molecule has 0 aliphatic carbocycles. The summed E-state index contributed by atoms with van der Waals surface area (Å²) in [5, 5.41) is 0. The zero-order chi connectivity index (χ0) is 18.4. The van der Waals surface area contributed by atoms with E-state index in [4.69, 9.17) is 4.74 Å². The Morgan fingerprint density at radius 1 is 1.36 bits per heavy atom. The second kappa shape index (κ2) is 6.22. The summed E-state index contributed by atoms with van der Waals surface area (Å²) in [6, 6.07) is -0.00416. The van der Waals surface area contributed by atoms with Gasteiger partial charge in [0.2, 0.25) is 0 Å². The summed E-state index contributed by atoms with van der Waals surface area (Å²) in [6.07, 6.45) is -2.85. The Hall–Kier alpha value is -1.71. The summed E-state index contributed by atoms with van der Waals surface area (Å²) in [5.74, 6) is 1.05. The van der Waals surface area contributed by atoms with E-state index in [1.165, 1.54) is 15.9 Å². The van der Waals surface area contributed by atoms with E-state index < -0.39 is 17.3 Å². The average Bonchev–Trinajstić information content (AvgIpc) is 2.51. The predicted octanol–water partition coefficient (Wildman–Crippen LogP) is 2.32. The Balaban J connectivity index is 1.74. The molecule has 1 aromatic rings. The lowest BCUT2D eigenvalue weighted by Gasteiger charge is -2.40. The third kappa shape index (κ3) is 3.94. The highest BCUT2D eigenvalue weighted by Crippen LogP contribution is 2.30. The summed E-state index contributed by atoms with van der Waals surface area (Å²) >= 11 is 1.27. The second-order valence-corrected chi connectivity index (χ2v) is 8.02. The summed E-state index contributed by atoms with van der Waals surface area (Å²) in [5.41, 5.74) is -1.33. The molecule has 10 heteroatoms. The summed E-state index contributed by atoms with van der Waals surface area (Å²) in [4.78, 5) is 19.8. The van der Waals surface area contributed by atoms with Crippen LogP contribution >= 0.6 is 11.9 Å². The van der Waals surface area contributed by atoms with Crippen molar-refractivity contribution < 1.29 is 26.7 Å². The van der Waals surface area contributed by atoms with Crippen molar-refractivity contribution in [1.29, 1.82) is 0 Å². The standard InChI is InChI=1S/C15H20F3N4O2S/c1-14(2,3)24-13(23)20-4-5-21-11(8-20)9-25-22-7-10(15(16,17)18)6-19-12(21)22/h6-7,11H,4-5,8-9H2,1-3H3/q+1/t11-/m0/s1. The summed E-state index contributed by atoms with van der Waals surface area (Å²) in [6.45, 7) is 6.85. The van der Waals surface area contributed by atoms with E-state index in [-0.39, 0.29) is 12.1 Å². The molecule has 0 bridgehead atoms. The first-order valence-corrected chi connectivity index (χ1v) is 8.85. The number of hydrogen-bond acceptors (Lipinski definition) is 5. The van der Waals surface area contributed by atoms with Crippen molar-refractivity contribution in [3.05, 3.63) is 18.0 Å². The molecular weight excluding hydrogens is 357 g/mol. The van der Waals surface area contributed by atoms with Crippen LogP contribution < -0.4 is 8.87 Å². The molecule has 1 atom stereocenters. The quantitative estimate of drug-likeness (QED) is 0.650. The second-order valence-electron chi connectivity index (χ2n) is 7.04. The number of rotatable bonds is 0. The number of nitrogens with zero attached hydrogens (tertiary/aromatic N) is 4. The monoisotopic (exact) mass is 377 g/mol. The summed E-state index contributed by atoms with van der Waals surface area (Å²) in [7, 11) is 0. The van der Waals surface area contributed by atoms with Gasteiger partial charge in [-0.2, -0.15) is 17.1 Å². The number of carbonyl (C=O) groups excluding carboxylic acids is 1. The number of piperazine rings is 1. The van der Waals surface area contributed by atoms with Gasteiger partial charge in [0.25, 0.3) is 0 Å². The van der Waals surface area contributed by atoms with Crippen molar-refractivity contribution >= 4 is 24.0 Å². The lowest BCUT2D eigenvalue weighted by Crippen LogP contribution is -2.62. The number of hydrogen-bond donors (Lipinski definition) is 0. The Labute approximate surface area is 148 Å². The molecule has 6 nitrogen and oxygen atoms in total. The molecule has 3 heterocycles. The molecule has 1 saturated heterocycles. The number of anilines is 1. The minimum atomic E-state index is -4.41. The highest BCUT2D eigenvalue weighted by molar-refractivity contribution is 7.93. The van der Waals surface area contributed by atoms with Gasteiger partial charge in [-0.3, -0.25) is 4.90 Å². The molecule has 138 valence electrons. The fourth-order valence-corrected chi connectivity index (χ4v) is 3.84. The molecule has 2 aliphatic heterocycles. The van der Waals surface area contributed by atoms with Gasteiger partial charge in [-0.1, -0.05) is 4.98 Å². The van der Waals surface area contributed by atoms with Crippen molar-refractivity contribution in [2.24, 2.45) is 0 Å². The van der Waals surface area contributed by atoms with Crippen LogP contribution in [0.5, 0.6) is 0 Å². The van der Waals surface area contributed by atoms with Gasteiger partial charge in [0, 0.05) is 11.9 Å². The van der Waals surface area contributed by atoms with Gasteiger partial charge in [0.1, 0.15) is 23.4 Å². The van der Waals surface area contributed by atoms with Crippen LogP contribution in [-0.2, 0) is 10.9 Å². The van der Waals surface area contributed by atoms with Crippen LogP contribution in [0, 0.1) is 0 Å². The van der Waals surface area contributed by atoms with Crippen LogP contribution in [0.1, 0.15) is 26.3 Å². The Morgan fingerprint density at radius 2 is 2.08 bits per heavy atom.